The van der Waals surface area contributed by atoms with Crippen LogP contribution in [0, 0.1) is 11.8 Å². The van der Waals surface area contributed by atoms with Gasteiger partial charge in [0.05, 0.1) is 12.2 Å². The highest BCUT2D eigenvalue weighted by Gasteiger charge is 2.44. The third kappa shape index (κ3) is 4.91. The van der Waals surface area contributed by atoms with Crippen LogP contribution < -0.4 is 21.9 Å². The highest BCUT2D eigenvalue weighted by atomic mass is 19.1. The Morgan fingerprint density at radius 2 is 2.00 bits per heavy atom. The molecule has 1 heterocycles. The first-order chi connectivity index (χ1) is 13.7. The first-order valence-corrected chi connectivity index (χ1v) is 11.0. The summed E-state index contributed by atoms with van der Waals surface area (Å²) in [5.74, 6) is -0.341. The van der Waals surface area contributed by atoms with Gasteiger partial charge >= 0.3 is 0 Å². The fourth-order valence-corrected chi connectivity index (χ4v) is 5.40. The van der Waals surface area contributed by atoms with Crippen molar-refractivity contribution in [3.05, 3.63) is 0 Å². The van der Waals surface area contributed by atoms with E-state index in [0.717, 1.165) is 12.8 Å². The van der Waals surface area contributed by atoms with Crippen LogP contribution in [0.4, 0.5) is 4.39 Å². The summed E-state index contributed by atoms with van der Waals surface area (Å²) >= 11 is 0. The van der Waals surface area contributed by atoms with Crippen LogP contribution in [-0.4, -0.2) is 83.2 Å². The Morgan fingerprint density at radius 1 is 1.28 bits per heavy atom. The van der Waals surface area contributed by atoms with E-state index in [1.165, 1.54) is 0 Å². The second kappa shape index (κ2) is 9.53. The van der Waals surface area contributed by atoms with E-state index >= 15 is 0 Å². The standard InChI is InChI=1S/C20H38FN5O3/c1-10(23-14-7-8-15(27)19(14)28)16-11(2)24-25-18(16)20(29)26(3)9-12-5-4-6-13(22)17(12)21/h10-19,23-25,27-28H,4-9,22H2,1-3H3/t10?,11?,12?,13?,14-,15-,16?,17?,18?,19+/m1/s1. The summed E-state index contributed by atoms with van der Waals surface area (Å²) in [7, 11) is 1.73. The number of nitrogens with one attached hydrogen (secondary N) is 3. The van der Waals surface area contributed by atoms with Gasteiger partial charge < -0.3 is 26.2 Å². The number of aliphatic hydroxyl groups is 2. The van der Waals surface area contributed by atoms with E-state index in [1.807, 2.05) is 13.8 Å². The van der Waals surface area contributed by atoms with E-state index in [2.05, 4.69) is 16.2 Å². The molecule has 168 valence electrons. The molecule has 0 radical (unpaired) electrons. The Kier molecular flexibility index (Phi) is 7.51. The number of hydrazine groups is 1. The van der Waals surface area contributed by atoms with Gasteiger partial charge in [-0.15, -0.1) is 0 Å². The second-order valence-electron chi connectivity index (χ2n) is 9.35. The van der Waals surface area contributed by atoms with Gasteiger partial charge in [-0.25, -0.2) is 9.82 Å². The smallest absolute Gasteiger partial charge is 0.241 e. The van der Waals surface area contributed by atoms with Crippen molar-refractivity contribution in [1.29, 1.82) is 0 Å². The Bertz CT molecular complexity index is 570. The third-order valence-corrected chi connectivity index (χ3v) is 7.19. The van der Waals surface area contributed by atoms with Gasteiger partial charge in [-0.3, -0.25) is 10.2 Å². The second-order valence-corrected chi connectivity index (χ2v) is 9.35. The number of nitrogens with two attached hydrogens (primary N) is 1. The maximum absolute atomic E-state index is 14.5. The molecule has 2 saturated carbocycles. The van der Waals surface area contributed by atoms with Crippen molar-refractivity contribution >= 4 is 5.91 Å². The molecule has 3 fully saturated rings. The number of alkyl halides is 1. The number of rotatable bonds is 6. The highest BCUT2D eigenvalue weighted by Crippen LogP contribution is 2.28. The lowest BCUT2D eigenvalue weighted by Crippen LogP contribution is -2.55. The third-order valence-electron chi connectivity index (χ3n) is 7.19. The van der Waals surface area contributed by atoms with E-state index in [4.69, 9.17) is 5.73 Å². The van der Waals surface area contributed by atoms with E-state index < -0.39 is 30.5 Å². The van der Waals surface area contributed by atoms with Gasteiger partial charge in [0.15, 0.2) is 0 Å². The maximum Gasteiger partial charge on any atom is 0.241 e. The summed E-state index contributed by atoms with van der Waals surface area (Å²) in [6, 6.07) is -1.08. The van der Waals surface area contributed by atoms with Crippen LogP contribution >= 0.6 is 0 Å². The summed E-state index contributed by atoms with van der Waals surface area (Å²) in [5, 5.41) is 23.3. The fraction of sp³-hybridized carbons (Fsp3) is 0.950. The Balaban J connectivity index is 1.61. The van der Waals surface area contributed by atoms with Gasteiger partial charge in [0.1, 0.15) is 12.2 Å². The number of halogens is 1. The van der Waals surface area contributed by atoms with Crippen LogP contribution in [0.25, 0.3) is 0 Å². The zero-order valence-corrected chi connectivity index (χ0v) is 17.7. The van der Waals surface area contributed by atoms with Crippen LogP contribution in [0.1, 0.15) is 46.0 Å². The predicted molar refractivity (Wildman–Crippen MR) is 108 cm³/mol. The minimum Gasteiger partial charge on any atom is -0.390 e. The van der Waals surface area contributed by atoms with Gasteiger partial charge in [-0.2, -0.15) is 0 Å². The van der Waals surface area contributed by atoms with Crippen molar-refractivity contribution < 1.29 is 19.4 Å². The van der Waals surface area contributed by atoms with Gasteiger partial charge in [-0.1, -0.05) is 6.42 Å². The van der Waals surface area contributed by atoms with Gasteiger partial charge in [-0.05, 0) is 39.5 Å². The lowest BCUT2D eigenvalue weighted by molar-refractivity contribution is -0.134. The number of hydrogen-bond donors (Lipinski definition) is 6. The molecule has 0 aromatic heterocycles. The normalized spacial score (nSPS) is 44.0. The maximum atomic E-state index is 14.5. The van der Waals surface area contributed by atoms with Crippen molar-refractivity contribution in [3.63, 3.8) is 0 Å². The van der Waals surface area contributed by atoms with Crippen molar-refractivity contribution in [2.75, 3.05) is 13.6 Å². The van der Waals surface area contributed by atoms with E-state index in [-0.39, 0.29) is 35.9 Å². The molecule has 1 aliphatic heterocycles. The minimum absolute atomic E-state index is 0.0420. The van der Waals surface area contributed by atoms with Crippen LogP contribution in [0.15, 0.2) is 0 Å². The summed E-state index contributed by atoms with van der Waals surface area (Å²) in [6.45, 7) is 4.38. The molecule has 0 bridgehead atoms. The molecule has 3 aliphatic rings. The Labute approximate surface area is 172 Å². The van der Waals surface area contributed by atoms with Gasteiger partial charge in [0.2, 0.25) is 5.91 Å². The Morgan fingerprint density at radius 3 is 2.66 bits per heavy atom. The van der Waals surface area contributed by atoms with E-state index in [0.29, 0.717) is 25.8 Å². The SMILES string of the molecule is CC1NNC(C(=O)N(C)CC2CCCC(N)C2F)C1C(C)N[C@@H]1CC[C@@H](O)[C@H]1O. The molecule has 0 aromatic carbocycles. The van der Waals surface area contributed by atoms with Crippen LogP contribution in [0.2, 0.25) is 0 Å². The quantitative estimate of drug-likeness (QED) is 0.338. The molecule has 1 saturated heterocycles. The van der Waals surface area contributed by atoms with Crippen molar-refractivity contribution in [2.24, 2.45) is 17.6 Å². The molecule has 7 unspecified atom stereocenters. The van der Waals surface area contributed by atoms with Crippen LogP contribution in [0.5, 0.6) is 0 Å². The molecule has 0 aromatic rings. The van der Waals surface area contributed by atoms with Crippen LogP contribution in [-0.2, 0) is 4.79 Å². The molecule has 29 heavy (non-hydrogen) atoms. The Hall–Kier alpha value is -0.840. The molecular weight excluding hydrogens is 377 g/mol. The molecule has 1 amide bonds. The lowest BCUT2D eigenvalue weighted by Gasteiger charge is -2.36. The minimum atomic E-state index is -1.07. The largest absolute Gasteiger partial charge is 0.390 e. The molecule has 8 nitrogen and oxygen atoms in total. The molecule has 2 aliphatic carbocycles. The summed E-state index contributed by atoms with van der Waals surface area (Å²) in [4.78, 5) is 14.8. The molecule has 3 rings (SSSR count). The first-order valence-electron chi connectivity index (χ1n) is 11.0. The predicted octanol–water partition coefficient (Wildman–Crippen LogP) is -0.746. The summed E-state index contributed by atoms with van der Waals surface area (Å²) in [5.41, 5.74) is 12.1. The monoisotopic (exact) mass is 415 g/mol. The number of amides is 1. The zero-order chi connectivity index (χ0) is 21.3. The zero-order valence-electron chi connectivity index (χ0n) is 17.7. The number of likely N-dealkylation sites (N-methyl/N-ethyl adjacent to an activating group) is 1. The van der Waals surface area contributed by atoms with Crippen LogP contribution in [0.3, 0.4) is 0 Å². The fourth-order valence-electron chi connectivity index (χ4n) is 5.40. The van der Waals surface area contributed by atoms with Gasteiger partial charge in [0, 0.05) is 49.6 Å². The summed E-state index contributed by atoms with van der Waals surface area (Å²) < 4.78 is 14.5. The number of carbonyl (C=O) groups excluding carboxylic acids is 1. The number of nitrogens with zero attached hydrogens (tertiary/aromatic N) is 1. The van der Waals surface area contributed by atoms with Gasteiger partial charge in [0.25, 0.3) is 0 Å². The lowest BCUT2D eigenvalue weighted by atomic mass is 9.83. The molecule has 9 heteroatoms. The van der Waals surface area contributed by atoms with Crippen molar-refractivity contribution in [2.45, 2.75) is 94.5 Å². The first kappa shape index (κ1) is 22.8. The number of hydrogen-bond acceptors (Lipinski definition) is 7. The van der Waals surface area contributed by atoms with Crippen molar-refractivity contribution in [1.82, 2.24) is 21.1 Å². The average Bonchev–Trinajstić information content (AvgIpc) is 3.22. The van der Waals surface area contributed by atoms with E-state index in [9.17, 15) is 19.4 Å². The molecular formula is C20H38FN5O3. The highest BCUT2D eigenvalue weighted by molar-refractivity contribution is 5.82. The summed E-state index contributed by atoms with van der Waals surface area (Å²) in [6.07, 6.45) is 1.07. The average molecular weight is 416 g/mol. The topological polar surface area (TPSA) is 123 Å². The molecule has 7 N–H and O–H groups in total. The number of carbonyl (C=O) groups is 1. The number of aliphatic hydroxyl groups excluding tert-OH is 2. The van der Waals surface area contributed by atoms with E-state index in [1.54, 1.807) is 11.9 Å². The molecule has 0 spiro atoms. The molecule has 10 atom stereocenters. The van der Waals surface area contributed by atoms with Crippen molar-refractivity contribution in [3.8, 4) is 0 Å².